The number of benzene rings is 3. The lowest BCUT2D eigenvalue weighted by Crippen LogP contribution is -2.28. The first kappa shape index (κ1) is 24.1. The van der Waals surface area contributed by atoms with Gasteiger partial charge in [0.15, 0.2) is 5.17 Å². The van der Waals surface area contributed by atoms with Crippen molar-refractivity contribution in [2.45, 2.75) is 6.54 Å². The predicted octanol–water partition coefficient (Wildman–Crippen LogP) is 7.76. The highest BCUT2D eigenvalue weighted by molar-refractivity contribution is 8.18. The number of thioether (sulfide) groups is 1. The molecule has 1 amide bonds. The monoisotopic (exact) mass is 531 g/mol. The SMILES string of the molecule is O=C1/C(=C/c2cccc(Cl)c2Cl)S/C(=N\N=C\c2ccc(-c3ccccc3)cc2)N1Cc1ccco1. The van der Waals surface area contributed by atoms with Gasteiger partial charge in [-0.15, -0.1) is 5.10 Å². The maximum absolute atomic E-state index is 13.2. The Morgan fingerprint density at radius 1 is 0.889 bits per heavy atom. The molecule has 0 aliphatic carbocycles. The van der Waals surface area contributed by atoms with Crippen LogP contribution >= 0.6 is 35.0 Å². The van der Waals surface area contributed by atoms with Crippen LogP contribution < -0.4 is 0 Å². The highest BCUT2D eigenvalue weighted by atomic mass is 35.5. The number of hydrogen-bond donors (Lipinski definition) is 0. The molecule has 36 heavy (non-hydrogen) atoms. The summed E-state index contributed by atoms with van der Waals surface area (Å²) in [6.45, 7) is 0.236. The topological polar surface area (TPSA) is 58.2 Å². The number of carbonyl (C=O) groups is 1. The molecule has 2 heterocycles. The van der Waals surface area contributed by atoms with E-state index < -0.39 is 0 Å². The van der Waals surface area contributed by atoms with Crippen molar-refractivity contribution in [2.75, 3.05) is 0 Å². The van der Waals surface area contributed by atoms with E-state index >= 15 is 0 Å². The van der Waals surface area contributed by atoms with Crippen LogP contribution in [0, 0.1) is 0 Å². The minimum atomic E-state index is -0.214. The van der Waals surface area contributed by atoms with Gasteiger partial charge in [0.05, 0.1) is 34.0 Å². The zero-order valence-electron chi connectivity index (χ0n) is 18.8. The van der Waals surface area contributed by atoms with Crippen molar-refractivity contribution < 1.29 is 9.21 Å². The van der Waals surface area contributed by atoms with Crippen LogP contribution in [-0.4, -0.2) is 22.2 Å². The van der Waals surface area contributed by atoms with E-state index in [4.69, 9.17) is 27.6 Å². The molecule has 0 N–H and O–H groups in total. The third-order valence-corrected chi connectivity index (χ3v) is 7.25. The quantitative estimate of drug-likeness (QED) is 0.145. The molecular formula is C28H19Cl2N3O2S. The van der Waals surface area contributed by atoms with Crippen molar-refractivity contribution in [2.24, 2.45) is 10.2 Å². The Morgan fingerprint density at radius 2 is 1.67 bits per heavy atom. The Hall–Kier alpha value is -3.58. The Morgan fingerprint density at radius 3 is 2.42 bits per heavy atom. The molecule has 0 radical (unpaired) electrons. The van der Waals surface area contributed by atoms with E-state index in [9.17, 15) is 4.79 Å². The standard InChI is InChI=1S/C28H19Cl2N3O2S/c29-24-10-4-8-22(26(24)30)16-25-27(34)33(18-23-9-5-15-35-23)28(36-25)32-31-17-19-11-13-21(14-12-19)20-6-2-1-3-7-20/h1-17H,18H2/b25-16-,31-17+,32-28-. The van der Waals surface area contributed by atoms with E-state index in [0.29, 0.717) is 31.4 Å². The highest BCUT2D eigenvalue weighted by Gasteiger charge is 2.34. The predicted molar refractivity (Wildman–Crippen MR) is 148 cm³/mol. The fourth-order valence-corrected chi connectivity index (χ4v) is 4.88. The molecule has 1 fully saturated rings. The van der Waals surface area contributed by atoms with Crippen molar-refractivity contribution in [3.63, 3.8) is 0 Å². The Labute approximate surface area is 222 Å². The van der Waals surface area contributed by atoms with Gasteiger partial charge in [-0.05, 0) is 58.3 Å². The third-order valence-electron chi connectivity index (χ3n) is 5.42. The first-order valence-corrected chi connectivity index (χ1v) is 12.6. The van der Waals surface area contributed by atoms with Crippen LogP contribution in [0.25, 0.3) is 17.2 Å². The summed E-state index contributed by atoms with van der Waals surface area (Å²) in [4.78, 5) is 15.2. The molecule has 0 atom stereocenters. The Balaban J connectivity index is 1.39. The van der Waals surface area contributed by atoms with Crippen LogP contribution in [0.15, 0.2) is 111 Å². The number of amides is 1. The normalized spacial score (nSPS) is 16.1. The Kier molecular flexibility index (Phi) is 7.37. The largest absolute Gasteiger partial charge is 0.467 e. The van der Waals surface area contributed by atoms with Crippen LogP contribution in [0.5, 0.6) is 0 Å². The molecule has 4 aromatic rings. The molecule has 8 heteroatoms. The summed E-state index contributed by atoms with van der Waals surface area (Å²) in [7, 11) is 0. The number of hydrogen-bond acceptors (Lipinski definition) is 5. The summed E-state index contributed by atoms with van der Waals surface area (Å²) in [5, 5.41) is 9.87. The number of furan rings is 1. The second-order valence-corrected chi connectivity index (χ2v) is 9.63. The molecule has 1 aliphatic rings. The van der Waals surface area contributed by atoms with E-state index in [1.54, 1.807) is 42.8 Å². The maximum atomic E-state index is 13.2. The van der Waals surface area contributed by atoms with Gasteiger partial charge in [-0.3, -0.25) is 9.69 Å². The molecular weight excluding hydrogens is 513 g/mol. The van der Waals surface area contributed by atoms with E-state index in [0.717, 1.165) is 16.7 Å². The molecule has 5 rings (SSSR count). The lowest BCUT2D eigenvalue weighted by molar-refractivity contribution is -0.122. The highest BCUT2D eigenvalue weighted by Crippen LogP contribution is 2.36. The second-order valence-electron chi connectivity index (χ2n) is 7.84. The fraction of sp³-hybridized carbons (Fsp3) is 0.0357. The van der Waals surface area contributed by atoms with E-state index in [-0.39, 0.29) is 12.5 Å². The summed E-state index contributed by atoms with van der Waals surface area (Å²) in [5.74, 6) is 0.424. The first-order chi connectivity index (χ1) is 17.6. The number of amidine groups is 1. The molecule has 0 spiro atoms. The van der Waals surface area contributed by atoms with Gasteiger partial charge in [-0.1, -0.05) is 89.9 Å². The zero-order chi connectivity index (χ0) is 24.9. The summed E-state index contributed by atoms with van der Waals surface area (Å²) < 4.78 is 5.45. The summed E-state index contributed by atoms with van der Waals surface area (Å²) >= 11 is 13.7. The van der Waals surface area contributed by atoms with Crippen molar-refractivity contribution >= 4 is 58.3 Å². The molecule has 3 aromatic carbocycles. The van der Waals surface area contributed by atoms with Crippen molar-refractivity contribution in [3.05, 3.63) is 123 Å². The van der Waals surface area contributed by atoms with Gasteiger partial charge in [-0.25, -0.2) is 0 Å². The maximum Gasteiger partial charge on any atom is 0.267 e. The van der Waals surface area contributed by atoms with Gasteiger partial charge < -0.3 is 4.42 Å². The molecule has 1 aromatic heterocycles. The van der Waals surface area contributed by atoms with Crippen molar-refractivity contribution in [1.29, 1.82) is 0 Å². The molecule has 178 valence electrons. The molecule has 1 saturated heterocycles. The average molecular weight is 532 g/mol. The average Bonchev–Trinajstić information content (AvgIpc) is 3.52. The fourth-order valence-electron chi connectivity index (χ4n) is 3.59. The van der Waals surface area contributed by atoms with Crippen LogP contribution in [0.2, 0.25) is 10.0 Å². The molecule has 0 saturated carbocycles. The zero-order valence-corrected chi connectivity index (χ0v) is 21.2. The van der Waals surface area contributed by atoms with Crippen LogP contribution in [0.4, 0.5) is 0 Å². The smallest absolute Gasteiger partial charge is 0.267 e. The summed E-state index contributed by atoms with van der Waals surface area (Å²) in [6, 6.07) is 27.1. The van der Waals surface area contributed by atoms with Crippen LogP contribution in [-0.2, 0) is 11.3 Å². The minimum absolute atomic E-state index is 0.214. The summed E-state index contributed by atoms with van der Waals surface area (Å²) in [6.07, 6.45) is 4.94. The lowest BCUT2D eigenvalue weighted by Gasteiger charge is -2.12. The number of carbonyl (C=O) groups excluding carboxylic acids is 1. The van der Waals surface area contributed by atoms with Gasteiger partial charge in [0.2, 0.25) is 0 Å². The van der Waals surface area contributed by atoms with Gasteiger partial charge in [-0.2, -0.15) is 5.10 Å². The number of halogens is 2. The van der Waals surface area contributed by atoms with E-state index in [1.165, 1.54) is 16.7 Å². The van der Waals surface area contributed by atoms with Gasteiger partial charge >= 0.3 is 0 Å². The van der Waals surface area contributed by atoms with Gasteiger partial charge in [0, 0.05) is 0 Å². The third kappa shape index (κ3) is 5.46. The van der Waals surface area contributed by atoms with E-state index in [2.05, 4.69) is 22.3 Å². The minimum Gasteiger partial charge on any atom is -0.467 e. The van der Waals surface area contributed by atoms with Crippen LogP contribution in [0.3, 0.4) is 0 Å². The van der Waals surface area contributed by atoms with Crippen molar-refractivity contribution in [3.8, 4) is 11.1 Å². The van der Waals surface area contributed by atoms with Crippen LogP contribution in [0.1, 0.15) is 16.9 Å². The first-order valence-electron chi connectivity index (χ1n) is 11.0. The van der Waals surface area contributed by atoms with E-state index in [1.807, 2.05) is 48.5 Å². The Bertz CT molecular complexity index is 1460. The molecule has 5 nitrogen and oxygen atoms in total. The van der Waals surface area contributed by atoms with Crippen molar-refractivity contribution in [1.82, 2.24) is 4.90 Å². The lowest BCUT2D eigenvalue weighted by atomic mass is 10.0. The molecule has 0 bridgehead atoms. The molecule has 0 unspecified atom stereocenters. The number of nitrogens with zero attached hydrogens (tertiary/aromatic N) is 3. The second kappa shape index (κ2) is 11.0. The molecule has 1 aliphatic heterocycles. The summed E-state index contributed by atoms with van der Waals surface area (Å²) in [5.41, 5.74) is 3.82. The number of rotatable bonds is 6. The van der Waals surface area contributed by atoms with Gasteiger partial charge in [0.25, 0.3) is 5.91 Å². The van der Waals surface area contributed by atoms with Gasteiger partial charge in [0.1, 0.15) is 5.76 Å².